The Bertz CT molecular complexity index is 582. The van der Waals surface area contributed by atoms with E-state index in [1.807, 2.05) is 36.5 Å². The van der Waals surface area contributed by atoms with Crippen LogP contribution in [0, 0.1) is 0 Å². The Morgan fingerprint density at radius 1 is 1.00 bits per heavy atom. The molecule has 0 radical (unpaired) electrons. The Balaban J connectivity index is 3.95. The largest absolute Gasteiger partial charge is 0.481 e. The second-order valence-corrected chi connectivity index (χ2v) is 6.35. The minimum Gasteiger partial charge on any atom is -0.481 e. The molecule has 0 heterocycles. The summed E-state index contributed by atoms with van der Waals surface area (Å²) in [6, 6.07) is 0. The van der Waals surface area contributed by atoms with Crippen molar-refractivity contribution in [3.05, 3.63) is 72.4 Å². The molecule has 156 valence electrons. The summed E-state index contributed by atoms with van der Waals surface area (Å²) >= 11 is 0. The molecule has 5 heteroatoms. The van der Waals surface area contributed by atoms with Gasteiger partial charge in [0.15, 0.2) is 0 Å². The van der Waals surface area contributed by atoms with Gasteiger partial charge in [0.2, 0.25) is 0 Å². The predicted molar refractivity (Wildman–Crippen MR) is 114 cm³/mol. The lowest BCUT2D eigenvalue weighted by Crippen LogP contribution is -2.09. The highest BCUT2D eigenvalue weighted by Gasteiger charge is 2.06. The number of carboxylic acids is 1. The lowest BCUT2D eigenvalue weighted by atomic mass is 10.1. The molecule has 0 aliphatic heterocycles. The third-order valence-electron chi connectivity index (χ3n) is 3.91. The summed E-state index contributed by atoms with van der Waals surface area (Å²) in [6.45, 7) is 4.17. The van der Waals surface area contributed by atoms with E-state index in [4.69, 9.17) is 10.4 Å². The van der Waals surface area contributed by atoms with Crippen LogP contribution in [0.3, 0.4) is 0 Å². The van der Waals surface area contributed by atoms with Crippen molar-refractivity contribution in [2.75, 3.05) is 0 Å². The molecule has 0 aromatic heterocycles. The topological polar surface area (TPSA) is 87.0 Å². The van der Waals surface area contributed by atoms with Gasteiger partial charge >= 0.3 is 5.97 Å². The lowest BCUT2D eigenvalue weighted by Gasteiger charge is -2.05. The zero-order valence-corrected chi connectivity index (χ0v) is 16.9. The van der Waals surface area contributed by atoms with Crippen molar-refractivity contribution in [3.63, 3.8) is 0 Å². The van der Waals surface area contributed by atoms with Gasteiger partial charge in [-0.15, -0.1) is 0 Å². The first-order valence-electron chi connectivity index (χ1n) is 9.66. The summed E-state index contributed by atoms with van der Waals surface area (Å²) in [4.78, 5) is 14.7. The number of aliphatic carboxylic acids is 1. The number of hydrogen-bond acceptors (Lipinski definition) is 4. The molecular weight excluding hydrogens is 356 g/mol. The molecule has 0 aliphatic carbocycles. The molecule has 0 spiro atoms. The fourth-order valence-corrected chi connectivity index (χ4v) is 2.04. The molecule has 0 saturated heterocycles. The number of carboxylic acid groups (broad SMARTS) is 1. The number of rotatable bonds is 15. The summed E-state index contributed by atoms with van der Waals surface area (Å²) < 4.78 is 0. The van der Waals surface area contributed by atoms with Gasteiger partial charge in [0.1, 0.15) is 6.10 Å². The zero-order chi connectivity index (χ0) is 21.0. The Morgan fingerprint density at radius 3 is 2.14 bits per heavy atom. The highest BCUT2D eigenvalue weighted by atomic mass is 17.1. The first-order valence-corrected chi connectivity index (χ1v) is 9.66. The third kappa shape index (κ3) is 17.2. The van der Waals surface area contributed by atoms with E-state index < -0.39 is 18.2 Å². The van der Waals surface area contributed by atoms with Crippen LogP contribution in [0.1, 0.15) is 52.4 Å². The van der Waals surface area contributed by atoms with Crippen LogP contribution in [0.4, 0.5) is 0 Å². The lowest BCUT2D eigenvalue weighted by molar-refractivity contribution is -0.267. The molecule has 0 aromatic carbocycles. The van der Waals surface area contributed by atoms with Crippen LogP contribution in [-0.4, -0.2) is 33.6 Å². The van der Waals surface area contributed by atoms with Crippen LogP contribution in [-0.2, 0) is 9.68 Å². The molecule has 0 amide bonds. The van der Waals surface area contributed by atoms with Gasteiger partial charge in [-0.1, -0.05) is 79.3 Å². The van der Waals surface area contributed by atoms with Crippen LogP contribution in [0.25, 0.3) is 0 Å². The normalized spacial score (nSPS) is 15.6. The summed E-state index contributed by atoms with van der Waals surface area (Å²) in [5.74, 6) is -0.920. The van der Waals surface area contributed by atoms with Gasteiger partial charge in [0, 0.05) is 6.42 Å². The number of allylic oxidation sites excluding steroid dienone is 9. The van der Waals surface area contributed by atoms with E-state index >= 15 is 0 Å². The molecule has 1 unspecified atom stereocenters. The Hall–Kier alpha value is -2.21. The van der Waals surface area contributed by atoms with E-state index in [1.165, 1.54) is 5.57 Å². The van der Waals surface area contributed by atoms with E-state index in [2.05, 4.69) is 30.9 Å². The summed E-state index contributed by atoms with van der Waals surface area (Å²) in [7, 11) is 0. The second kappa shape index (κ2) is 18.2. The van der Waals surface area contributed by atoms with Gasteiger partial charge in [0.05, 0.1) is 6.10 Å². The average molecular weight is 391 g/mol. The fourth-order valence-electron chi connectivity index (χ4n) is 2.04. The maximum Gasteiger partial charge on any atom is 0.303 e. The van der Waals surface area contributed by atoms with Crippen molar-refractivity contribution in [1.29, 1.82) is 0 Å². The number of carbonyl (C=O) groups is 1. The Morgan fingerprint density at radius 2 is 1.61 bits per heavy atom. The molecule has 5 nitrogen and oxygen atoms in total. The van der Waals surface area contributed by atoms with Crippen LogP contribution in [0.15, 0.2) is 72.4 Å². The number of aliphatic hydroxyl groups is 1. The monoisotopic (exact) mass is 390 g/mol. The van der Waals surface area contributed by atoms with Gasteiger partial charge in [-0.05, 0) is 39.0 Å². The van der Waals surface area contributed by atoms with Gasteiger partial charge < -0.3 is 10.2 Å². The highest BCUT2D eigenvalue weighted by Crippen LogP contribution is 2.04. The predicted octanol–water partition coefficient (Wildman–Crippen LogP) is 5.38. The SMILES string of the molecule is CC/C(C)=C\C[C@H](O)/C=C/C=C\C/C=C\C/C=C\C=C\C(CCC(=O)O)OO. The molecule has 0 aliphatic rings. The molecule has 3 N–H and O–H groups in total. The molecule has 2 atom stereocenters. The Kier molecular flexibility index (Phi) is 16.7. The zero-order valence-electron chi connectivity index (χ0n) is 16.9. The van der Waals surface area contributed by atoms with E-state index in [9.17, 15) is 9.90 Å². The van der Waals surface area contributed by atoms with E-state index in [0.717, 1.165) is 19.3 Å². The van der Waals surface area contributed by atoms with Crippen LogP contribution < -0.4 is 0 Å². The highest BCUT2D eigenvalue weighted by molar-refractivity contribution is 5.66. The second-order valence-electron chi connectivity index (χ2n) is 6.35. The van der Waals surface area contributed by atoms with Gasteiger partial charge in [-0.3, -0.25) is 10.1 Å². The molecule has 28 heavy (non-hydrogen) atoms. The van der Waals surface area contributed by atoms with Gasteiger partial charge in [0.25, 0.3) is 0 Å². The number of hydrogen-bond donors (Lipinski definition) is 3. The quantitative estimate of drug-likeness (QED) is 0.151. The van der Waals surface area contributed by atoms with E-state index in [-0.39, 0.29) is 12.8 Å². The van der Waals surface area contributed by atoms with Crippen molar-refractivity contribution in [1.82, 2.24) is 0 Å². The third-order valence-corrected chi connectivity index (χ3v) is 3.91. The first-order chi connectivity index (χ1) is 13.5. The van der Waals surface area contributed by atoms with Crippen molar-refractivity contribution in [2.24, 2.45) is 0 Å². The van der Waals surface area contributed by atoms with Gasteiger partial charge in [-0.2, -0.15) is 0 Å². The minimum absolute atomic E-state index is 0.0563. The summed E-state index contributed by atoms with van der Waals surface area (Å²) in [6.07, 6.45) is 23.2. The molecule has 0 aromatic rings. The fraction of sp³-hybridized carbons (Fsp3) is 0.435. The first kappa shape index (κ1) is 25.8. The van der Waals surface area contributed by atoms with Crippen molar-refractivity contribution in [2.45, 2.75) is 64.6 Å². The standard InChI is InChI=1S/C23H34O5/c1-3-20(2)16-17-21(24)14-12-10-8-6-4-5-7-9-11-13-15-22(28-27)18-19-23(25)26/h4-5,8-16,21-22,24,27H,3,6-7,17-19H2,1-2H3,(H,25,26)/b5-4-,10-8-,11-9-,14-12+,15-13+,20-16-/t21-,22?/m1/s1. The minimum atomic E-state index is -0.920. The smallest absolute Gasteiger partial charge is 0.303 e. The average Bonchev–Trinajstić information content (AvgIpc) is 2.68. The molecule has 0 fully saturated rings. The molecule has 0 saturated carbocycles. The van der Waals surface area contributed by atoms with Crippen molar-refractivity contribution < 1.29 is 25.2 Å². The number of aliphatic hydroxyl groups excluding tert-OH is 1. The maximum absolute atomic E-state index is 10.5. The summed E-state index contributed by atoms with van der Waals surface area (Å²) in [5, 5.41) is 27.1. The van der Waals surface area contributed by atoms with Crippen molar-refractivity contribution >= 4 is 5.97 Å². The van der Waals surface area contributed by atoms with Crippen LogP contribution in [0.2, 0.25) is 0 Å². The van der Waals surface area contributed by atoms with Gasteiger partial charge in [-0.25, -0.2) is 4.89 Å². The maximum atomic E-state index is 10.5. The van der Waals surface area contributed by atoms with E-state index in [0.29, 0.717) is 6.42 Å². The van der Waals surface area contributed by atoms with Crippen molar-refractivity contribution in [3.8, 4) is 0 Å². The summed E-state index contributed by atoms with van der Waals surface area (Å²) in [5.41, 5.74) is 1.29. The van der Waals surface area contributed by atoms with Crippen LogP contribution >= 0.6 is 0 Å². The van der Waals surface area contributed by atoms with Crippen LogP contribution in [0.5, 0.6) is 0 Å². The molecular formula is C23H34O5. The van der Waals surface area contributed by atoms with E-state index in [1.54, 1.807) is 18.2 Å². The Labute approximate surface area is 168 Å². The molecule has 0 rings (SSSR count). The molecule has 0 bridgehead atoms.